The van der Waals surface area contributed by atoms with Crippen molar-refractivity contribution in [1.29, 1.82) is 0 Å². The molecule has 0 aliphatic rings. The van der Waals surface area contributed by atoms with E-state index in [1.807, 2.05) is 6.07 Å². The summed E-state index contributed by atoms with van der Waals surface area (Å²) in [5.41, 5.74) is 2.76. The smallest absolute Gasteiger partial charge is 0.271 e. The molecule has 0 saturated carbocycles. The molecular formula is C18H18N2O2S. The van der Waals surface area contributed by atoms with Crippen molar-refractivity contribution < 1.29 is 9.21 Å². The highest BCUT2D eigenvalue weighted by Gasteiger charge is 2.12. The van der Waals surface area contributed by atoms with Crippen molar-refractivity contribution in [2.75, 3.05) is 0 Å². The van der Waals surface area contributed by atoms with Gasteiger partial charge in [0.2, 0.25) is 0 Å². The Morgan fingerprint density at radius 1 is 1.26 bits per heavy atom. The average Bonchev–Trinajstić information content (AvgIpc) is 3.24. The summed E-state index contributed by atoms with van der Waals surface area (Å²) >= 11 is 1.47. The molecule has 1 aromatic carbocycles. The first-order chi connectivity index (χ1) is 11.1. The second kappa shape index (κ2) is 6.79. The Kier molecular flexibility index (Phi) is 4.57. The van der Waals surface area contributed by atoms with Crippen molar-refractivity contribution in [2.24, 2.45) is 0 Å². The summed E-state index contributed by atoms with van der Waals surface area (Å²) in [7, 11) is 0. The minimum Gasteiger partial charge on any atom is -0.467 e. The maximum atomic E-state index is 12.1. The molecule has 0 bridgehead atoms. The predicted molar refractivity (Wildman–Crippen MR) is 91.5 cm³/mol. The number of nitrogens with one attached hydrogen (secondary N) is 1. The first kappa shape index (κ1) is 15.5. The summed E-state index contributed by atoms with van der Waals surface area (Å²) in [5.74, 6) is 1.03. The number of rotatable bonds is 5. The lowest BCUT2D eigenvalue weighted by Gasteiger charge is -2.05. The maximum Gasteiger partial charge on any atom is 0.271 e. The third-order valence-electron chi connectivity index (χ3n) is 3.56. The zero-order chi connectivity index (χ0) is 16.2. The first-order valence-electron chi connectivity index (χ1n) is 7.50. The summed E-state index contributed by atoms with van der Waals surface area (Å²) in [5, 5.41) is 5.43. The quantitative estimate of drug-likeness (QED) is 0.753. The third kappa shape index (κ3) is 3.68. The lowest BCUT2D eigenvalue weighted by Crippen LogP contribution is -2.22. The molecule has 4 nitrogen and oxygen atoms in total. The van der Waals surface area contributed by atoms with Crippen molar-refractivity contribution in [2.45, 2.75) is 26.3 Å². The van der Waals surface area contributed by atoms with Gasteiger partial charge in [-0.2, -0.15) is 0 Å². The summed E-state index contributed by atoms with van der Waals surface area (Å²) < 4.78 is 5.19. The van der Waals surface area contributed by atoms with E-state index in [-0.39, 0.29) is 5.91 Å². The van der Waals surface area contributed by atoms with Crippen molar-refractivity contribution in [3.8, 4) is 10.6 Å². The van der Waals surface area contributed by atoms with Crippen LogP contribution >= 0.6 is 11.3 Å². The van der Waals surface area contributed by atoms with Gasteiger partial charge in [0.05, 0.1) is 12.8 Å². The highest BCUT2D eigenvalue weighted by Crippen LogP contribution is 2.25. The van der Waals surface area contributed by atoms with Gasteiger partial charge in [-0.25, -0.2) is 4.98 Å². The molecule has 5 heteroatoms. The van der Waals surface area contributed by atoms with Gasteiger partial charge in [-0.1, -0.05) is 38.1 Å². The van der Waals surface area contributed by atoms with Gasteiger partial charge in [-0.15, -0.1) is 11.3 Å². The minimum atomic E-state index is -0.192. The van der Waals surface area contributed by atoms with Crippen molar-refractivity contribution >= 4 is 17.2 Å². The molecule has 0 unspecified atom stereocenters. The van der Waals surface area contributed by atoms with E-state index in [2.05, 4.69) is 48.4 Å². The Morgan fingerprint density at radius 3 is 2.70 bits per heavy atom. The third-order valence-corrected chi connectivity index (χ3v) is 4.46. The van der Waals surface area contributed by atoms with Crippen LogP contribution in [0, 0.1) is 0 Å². The molecule has 0 aliphatic heterocycles. The van der Waals surface area contributed by atoms with Crippen LogP contribution in [0.5, 0.6) is 0 Å². The van der Waals surface area contributed by atoms with Gasteiger partial charge >= 0.3 is 0 Å². The Hall–Kier alpha value is -2.40. The zero-order valence-corrected chi connectivity index (χ0v) is 13.9. The number of thiazole rings is 1. The lowest BCUT2D eigenvalue weighted by molar-refractivity contribution is 0.0944. The molecule has 0 atom stereocenters. The van der Waals surface area contributed by atoms with E-state index < -0.39 is 0 Å². The fourth-order valence-corrected chi connectivity index (χ4v) is 3.00. The molecule has 2 heterocycles. The van der Waals surface area contributed by atoms with Crippen molar-refractivity contribution in [1.82, 2.24) is 10.3 Å². The molecule has 0 fully saturated rings. The maximum absolute atomic E-state index is 12.1. The molecule has 0 spiro atoms. The molecule has 23 heavy (non-hydrogen) atoms. The van der Waals surface area contributed by atoms with Crippen LogP contribution in [0.25, 0.3) is 10.6 Å². The number of amides is 1. The van der Waals surface area contributed by atoms with E-state index in [4.69, 9.17) is 4.42 Å². The summed E-state index contributed by atoms with van der Waals surface area (Å²) in [4.78, 5) is 16.6. The topological polar surface area (TPSA) is 55.1 Å². The molecule has 0 radical (unpaired) electrons. The molecule has 118 valence electrons. The predicted octanol–water partition coefficient (Wildman–Crippen LogP) is 4.46. The van der Waals surface area contributed by atoms with Gasteiger partial charge in [0.1, 0.15) is 16.5 Å². The molecule has 2 aromatic heterocycles. The van der Waals surface area contributed by atoms with Gasteiger partial charge in [-0.3, -0.25) is 4.79 Å². The summed E-state index contributed by atoms with van der Waals surface area (Å²) in [6.07, 6.45) is 1.59. The normalized spacial score (nSPS) is 10.9. The van der Waals surface area contributed by atoms with Gasteiger partial charge in [-0.05, 0) is 23.6 Å². The highest BCUT2D eigenvalue weighted by molar-refractivity contribution is 7.13. The monoisotopic (exact) mass is 326 g/mol. The van der Waals surface area contributed by atoms with Gasteiger partial charge in [0, 0.05) is 10.9 Å². The number of hydrogen-bond acceptors (Lipinski definition) is 4. The molecular weight excluding hydrogens is 308 g/mol. The summed E-state index contributed by atoms with van der Waals surface area (Å²) in [6.45, 7) is 4.70. The van der Waals surface area contributed by atoms with Gasteiger partial charge in [0.25, 0.3) is 5.91 Å². The van der Waals surface area contributed by atoms with Gasteiger partial charge < -0.3 is 9.73 Å². The molecule has 1 N–H and O–H groups in total. The van der Waals surface area contributed by atoms with Crippen LogP contribution in [0.2, 0.25) is 0 Å². The van der Waals surface area contributed by atoms with Crippen LogP contribution in [0.4, 0.5) is 0 Å². The molecule has 0 aliphatic carbocycles. The first-order valence-corrected chi connectivity index (χ1v) is 8.38. The number of hydrogen-bond donors (Lipinski definition) is 1. The second-order valence-corrected chi connectivity index (χ2v) is 6.43. The van der Waals surface area contributed by atoms with E-state index in [1.54, 1.807) is 17.7 Å². The standard InChI is InChI=1S/C18H18N2O2S/c1-12(2)13-5-7-14(8-6-13)18-20-16(11-23-18)17(21)19-10-15-4-3-9-22-15/h3-9,11-12H,10H2,1-2H3,(H,19,21). The van der Waals surface area contributed by atoms with Crippen LogP contribution in [-0.2, 0) is 6.54 Å². The number of benzene rings is 1. The number of aromatic nitrogens is 1. The van der Waals surface area contributed by atoms with Crippen LogP contribution in [-0.4, -0.2) is 10.9 Å². The Balaban J connectivity index is 1.68. The number of carbonyl (C=O) groups is 1. The zero-order valence-electron chi connectivity index (χ0n) is 13.1. The van der Waals surface area contributed by atoms with Gasteiger partial charge in [0.15, 0.2) is 0 Å². The second-order valence-electron chi connectivity index (χ2n) is 5.58. The van der Waals surface area contributed by atoms with E-state index in [9.17, 15) is 4.79 Å². The van der Waals surface area contributed by atoms with Crippen molar-refractivity contribution in [3.63, 3.8) is 0 Å². The number of furan rings is 1. The SMILES string of the molecule is CC(C)c1ccc(-c2nc(C(=O)NCc3ccco3)cs2)cc1. The van der Waals surface area contributed by atoms with E-state index in [0.29, 0.717) is 18.2 Å². The Labute approximate surface area is 139 Å². The summed E-state index contributed by atoms with van der Waals surface area (Å²) in [6, 6.07) is 11.9. The minimum absolute atomic E-state index is 0.192. The molecule has 3 aromatic rings. The van der Waals surface area contributed by atoms with Crippen LogP contribution in [0.1, 0.15) is 41.6 Å². The van der Waals surface area contributed by atoms with Crippen LogP contribution in [0.15, 0.2) is 52.5 Å². The largest absolute Gasteiger partial charge is 0.467 e. The molecule has 1 amide bonds. The Bertz CT molecular complexity index is 774. The van der Waals surface area contributed by atoms with Crippen molar-refractivity contribution in [3.05, 3.63) is 65.1 Å². The fraction of sp³-hybridized carbons (Fsp3) is 0.222. The lowest BCUT2D eigenvalue weighted by atomic mass is 10.0. The number of carbonyl (C=O) groups excluding carboxylic acids is 1. The average molecular weight is 326 g/mol. The Morgan fingerprint density at radius 2 is 2.04 bits per heavy atom. The fourth-order valence-electron chi connectivity index (χ4n) is 2.19. The van der Waals surface area contributed by atoms with Crippen LogP contribution in [0.3, 0.4) is 0 Å². The van der Waals surface area contributed by atoms with E-state index in [0.717, 1.165) is 16.3 Å². The highest BCUT2D eigenvalue weighted by atomic mass is 32.1. The molecule has 3 rings (SSSR count). The van der Waals surface area contributed by atoms with Crippen LogP contribution < -0.4 is 5.32 Å². The van der Waals surface area contributed by atoms with E-state index >= 15 is 0 Å². The number of nitrogens with zero attached hydrogens (tertiary/aromatic N) is 1. The molecule has 0 saturated heterocycles. The van der Waals surface area contributed by atoms with E-state index in [1.165, 1.54) is 16.9 Å².